The summed E-state index contributed by atoms with van der Waals surface area (Å²) in [7, 11) is 0. The molecule has 0 unspecified atom stereocenters. The summed E-state index contributed by atoms with van der Waals surface area (Å²) in [5.41, 5.74) is 0.0882. The van der Waals surface area contributed by atoms with E-state index < -0.39 is 23.8 Å². The lowest BCUT2D eigenvalue weighted by Gasteiger charge is -2.27. The first-order valence-corrected chi connectivity index (χ1v) is 16.9. The van der Waals surface area contributed by atoms with Crippen LogP contribution in [-0.2, 0) is 19.2 Å². The van der Waals surface area contributed by atoms with Gasteiger partial charge in [-0.05, 0) is 26.7 Å². The number of thioether (sulfide) groups is 4. The molecule has 1 saturated heterocycles. The third-order valence-electron chi connectivity index (χ3n) is 6.37. The fraction of sp³-hybridized carbons (Fsp3) is 0.333. The molecular weight excluding hydrogens is 641 g/mol. The maximum atomic E-state index is 13.7. The van der Waals surface area contributed by atoms with Crippen LogP contribution in [0.25, 0.3) is 0 Å². The van der Waals surface area contributed by atoms with Crippen LogP contribution in [0.2, 0.25) is 0 Å². The van der Waals surface area contributed by atoms with Gasteiger partial charge in [0.2, 0.25) is 0 Å². The number of esters is 2. The van der Waals surface area contributed by atoms with Crippen LogP contribution >= 0.6 is 47.0 Å². The molecule has 0 aliphatic carbocycles. The summed E-state index contributed by atoms with van der Waals surface area (Å²) in [5, 5.41) is 22.0. The molecule has 44 heavy (non-hydrogen) atoms. The quantitative estimate of drug-likeness (QED) is 0.0861. The second kappa shape index (κ2) is 14.0. The molecule has 0 aromatic heterocycles. The molecule has 3 heterocycles. The third-order valence-corrected chi connectivity index (χ3v) is 11.6. The second-order valence-electron chi connectivity index (χ2n) is 9.83. The second-order valence-corrected chi connectivity index (χ2v) is 14.4. The number of rotatable bonds is 10. The van der Waals surface area contributed by atoms with Gasteiger partial charge in [0.05, 0.1) is 28.1 Å². The standard InChI is InChI=1S/C30H28N4O6S4/c1-7-9-11-33-25(35)18(26(36)34(33)12-10-8-2)30-43-23-19(39-27(37)15(3)4)21-22(42-29(41-21)17(13-31)14-32)20(24(23)44-30)40-28(38)16(5)6/h3,5,7-12H2,1-2,4,6H3. The van der Waals surface area contributed by atoms with Crippen molar-refractivity contribution in [2.45, 2.75) is 73.0 Å². The van der Waals surface area contributed by atoms with Crippen LogP contribution in [0, 0.1) is 22.7 Å². The number of hydrogen-bond donors (Lipinski definition) is 0. The Morgan fingerprint density at radius 1 is 0.750 bits per heavy atom. The van der Waals surface area contributed by atoms with Gasteiger partial charge in [-0.3, -0.25) is 9.59 Å². The van der Waals surface area contributed by atoms with Crippen molar-refractivity contribution in [2.75, 3.05) is 13.1 Å². The van der Waals surface area contributed by atoms with E-state index in [4.69, 9.17) is 9.47 Å². The van der Waals surface area contributed by atoms with Gasteiger partial charge in [0.25, 0.3) is 11.8 Å². The maximum Gasteiger partial charge on any atom is 0.338 e. The highest BCUT2D eigenvalue weighted by Gasteiger charge is 2.46. The van der Waals surface area contributed by atoms with Gasteiger partial charge in [-0.1, -0.05) is 86.9 Å². The van der Waals surface area contributed by atoms with Crippen molar-refractivity contribution in [3.8, 4) is 23.6 Å². The average Bonchev–Trinajstić information content (AvgIpc) is 3.67. The molecule has 0 radical (unpaired) electrons. The summed E-state index contributed by atoms with van der Waals surface area (Å²) >= 11 is 4.20. The molecule has 0 spiro atoms. The number of carbonyl (C=O) groups is 4. The molecule has 0 N–H and O–H groups in total. The molecule has 1 aromatic carbocycles. The Balaban J connectivity index is 1.93. The number of nitriles is 2. The maximum absolute atomic E-state index is 13.7. The van der Waals surface area contributed by atoms with E-state index in [9.17, 15) is 29.7 Å². The van der Waals surface area contributed by atoms with Crippen molar-refractivity contribution in [1.29, 1.82) is 10.5 Å². The lowest BCUT2D eigenvalue weighted by molar-refractivity contribution is -0.147. The molecule has 0 saturated carbocycles. The van der Waals surface area contributed by atoms with Crippen molar-refractivity contribution in [1.82, 2.24) is 10.0 Å². The van der Waals surface area contributed by atoms with Gasteiger partial charge in [-0.25, -0.2) is 19.6 Å². The fourth-order valence-electron chi connectivity index (χ4n) is 4.07. The van der Waals surface area contributed by atoms with Crippen LogP contribution in [0.5, 0.6) is 11.5 Å². The van der Waals surface area contributed by atoms with E-state index in [0.29, 0.717) is 41.1 Å². The molecule has 1 fully saturated rings. The van der Waals surface area contributed by atoms with E-state index in [1.54, 1.807) is 0 Å². The van der Waals surface area contributed by atoms with Crippen LogP contribution < -0.4 is 9.47 Å². The number of benzene rings is 1. The lowest BCUT2D eigenvalue weighted by Crippen LogP contribution is -2.42. The number of allylic oxidation sites excluding steroid dienone is 1. The van der Waals surface area contributed by atoms with Crippen molar-refractivity contribution < 1.29 is 28.7 Å². The first kappa shape index (κ1) is 33.3. The molecular formula is C30H28N4O6S4. The Bertz CT molecular complexity index is 1550. The Morgan fingerprint density at radius 3 is 1.48 bits per heavy atom. The Hall–Kier alpha value is -3.56. The molecule has 0 bridgehead atoms. The summed E-state index contributed by atoms with van der Waals surface area (Å²) in [6, 6.07) is 3.73. The van der Waals surface area contributed by atoms with Crippen molar-refractivity contribution in [3.05, 3.63) is 43.9 Å². The average molecular weight is 669 g/mol. The predicted molar refractivity (Wildman–Crippen MR) is 169 cm³/mol. The molecule has 2 amide bonds. The summed E-state index contributed by atoms with van der Waals surface area (Å²) in [5.74, 6) is -2.09. The highest BCUT2D eigenvalue weighted by Crippen LogP contribution is 2.68. The molecule has 3 aliphatic rings. The van der Waals surface area contributed by atoms with Crippen LogP contribution in [0.4, 0.5) is 0 Å². The minimum atomic E-state index is -0.721. The SMILES string of the molecule is C=C(C)C(=O)Oc1c2c(c(OC(=O)C(=C)C)c3c1SC(=C1C(=O)N(CCCC)N(CCCC)C1=O)S3)SC(=C(C#N)C#N)S2. The fourth-order valence-corrected chi connectivity index (χ4v) is 9.40. The summed E-state index contributed by atoms with van der Waals surface area (Å²) < 4.78 is 12.3. The molecule has 228 valence electrons. The number of hydrazine groups is 1. The van der Waals surface area contributed by atoms with Gasteiger partial charge >= 0.3 is 11.9 Å². The number of amides is 2. The number of carbonyl (C=O) groups excluding carboxylic acids is 4. The topological polar surface area (TPSA) is 141 Å². The highest BCUT2D eigenvalue weighted by atomic mass is 32.2. The molecule has 0 atom stereocenters. The smallest absolute Gasteiger partial charge is 0.338 e. The zero-order valence-corrected chi connectivity index (χ0v) is 27.8. The van der Waals surface area contributed by atoms with Crippen molar-refractivity contribution in [2.24, 2.45) is 0 Å². The summed E-state index contributed by atoms with van der Waals surface area (Å²) in [6.45, 7) is 15.1. The third kappa shape index (κ3) is 6.31. The van der Waals surface area contributed by atoms with E-state index >= 15 is 0 Å². The van der Waals surface area contributed by atoms with Gasteiger partial charge in [0.1, 0.15) is 23.3 Å². The number of unbranched alkanes of at least 4 members (excludes halogenated alkanes) is 2. The summed E-state index contributed by atoms with van der Waals surface area (Å²) in [4.78, 5) is 54.5. The van der Waals surface area contributed by atoms with Crippen LogP contribution in [0.15, 0.2) is 63.5 Å². The van der Waals surface area contributed by atoms with Crippen LogP contribution in [0.3, 0.4) is 0 Å². The van der Waals surface area contributed by atoms with Crippen molar-refractivity contribution >= 4 is 70.8 Å². The number of ether oxygens (including phenoxy) is 2. The lowest BCUT2D eigenvalue weighted by atomic mass is 10.3. The normalized spacial score (nSPS) is 15.2. The van der Waals surface area contributed by atoms with Crippen molar-refractivity contribution in [3.63, 3.8) is 0 Å². The Labute approximate surface area is 272 Å². The summed E-state index contributed by atoms with van der Waals surface area (Å²) in [6.07, 6.45) is 3.12. The largest absolute Gasteiger partial charge is 0.421 e. The number of hydrogen-bond acceptors (Lipinski definition) is 12. The van der Waals surface area contributed by atoms with E-state index in [1.165, 1.54) is 23.9 Å². The molecule has 14 heteroatoms. The van der Waals surface area contributed by atoms with E-state index in [0.717, 1.165) is 72.7 Å². The van der Waals surface area contributed by atoms with Crippen LogP contribution in [-0.4, -0.2) is 46.9 Å². The molecule has 4 rings (SSSR count). The highest BCUT2D eigenvalue weighted by molar-refractivity contribution is 8.26. The number of fused-ring (bicyclic) bond motifs is 2. The first-order chi connectivity index (χ1) is 21.0. The van der Waals surface area contributed by atoms with E-state index in [1.807, 2.05) is 26.0 Å². The van der Waals surface area contributed by atoms with E-state index in [2.05, 4.69) is 13.2 Å². The zero-order chi connectivity index (χ0) is 32.3. The van der Waals surface area contributed by atoms with Gasteiger partial charge in [-0.15, -0.1) is 0 Å². The Morgan fingerprint density at radius 2 is 1.14 bits per heavy atom. The van der Waals surface area contributed by atoms with Gasteiger partial charge in [-0.2, -0.15) is 10.5 Å². The minimum absolute atomic E-state index is 0.00457. The first-order valence-electron chi connectivity index (χ1n) is 13.6. The molecule has 10 nitrogen and oxygen atoms in total. The number of nitrogens with zero attached hydrogens (tertiary/aromatic N) is 4. The van der Waals surface area contributed by atoms with Crippen LogP contribution in [0.1, 0.15) is 53.4 Å². The Kier molecular flexibility index (Phi) is 10.6. The predicted octanol–water partition coefficient (Wildman–Crippen LogP) is 6.70. The van der Waals surface area contributed by atoms with Gasteiger partial charge in [0.15, 0.2) is 11.5 Å². The monoisotopic (exact) mass is 668 g/mol. The zero-order valence-electron chi connectivity index (χ0n) is 24.5. The van der Waals surface area contributed by atoms with E-state index in [-0.39, 0.29) is 33.8 Å². The molecule has 1 aromatic rings. The van der Waals surface area contributed by atoms with Gasteiger partial charge < -0.3 is 9.47 Å². The van der Waals surface area contributed by atoms with Gasteiger partial charge in [0, 0.05) is 24.2 Å². The molecule has 3 aliphatic heterocycles. The minimum Gasteiger partial charge on any atom is -0.421 e.